The lowest BCUT2D eigenvalue weighted by Gasteiger charge is -2.36. The third kappa shape index (κ3) is 3.42. The molecule has 2 N–H and O–H groups in total. The zero-order valence-electron chi connectivity index (χ0n) is 19.7. The fraction of sp³-hybridized carbons (Fsp3) is 0.385. The monoisotopic (exact) mass is 606 g/mol. The molecular formula is C26H24FIN2O6. The summed E-state index contributed by atoms with van der Waals surface area (Å²) in [5, 5.41) is 21.2. The van der Waals surface area contributed by atoms with Crippen LogP contribution in [0.5, 0.6) is 0 Å². The molecule has 1 aliphatic carbocycles. The number of aliphatic hydroxyl groups excluding tert-OH is 1. The van der Waals surface area contributed by atoms with Gasteiger partial charge < -0.3 is 24.4 Å². The first-order valence-electron chi connectivity index (χ1n) is 11.8. The molecule has 0 radical (unpaired) electrons. The third-order valence-electron chi connectivity index (χ3n) is 7.38. The number of halogens is 2. The minimum Gasteiger partial charge on any atom is -0.458 e. The van der Waals surface area contributed by atoms with Gasteiger partial charge in [0.15, 0.2) is 5.60 Å². The van der Waals surface area contributed by atoms with Crippen LogP contribution in [0.1, 0.15) is 60.6 Å². The Hall–Kier alpha value is -2.79. The maximum atomic E-state index is 14.9. The van der Waals surface area contributed by atoms with E-state index in [1.54, 1.807) is 13.0 Å². The lowest BCUT2D eigenvalue weighted by atomic mass is 9.87. The summed E-state index contributed by atoms with van der Waals surface area (Å²) in [5.41, 5.74) is 0.985. The zero-order chi connectivity index (χ0) is 25.9. The number of benzene rings is 1. The Bertz CT molecular complexity index is 1460. The number of carbonyl (C=O) groups is 1. The van der Waals surface area contributed by atoms with E-state index in [9.17, 15) is 29.0 Å². The van der Waals surface area contributed by atoms with E-state index in [-0.39, 0.29) is 41.8 Å². The number of ether oxygens (including phenoxy) is 1. The number of aromatic nitrogens is 1. The fourth-order valence-corrected chi connectivity index (χ4v) is 6.36. The number of pyridine rings is 1. The SMILES string of the molecule is CCN1C(Cn2ccc3c(c2=O)COC(=O)[C@]3(O)CC)=C(I)C(=C=O)c2cc(F)c3c(c21)CCC3O. The molecule has 0 saturated carbocycles. The highest BCUT2D eigenvalue weighted by Gasteiger charge is 2.44. The Morgan fingerprint density at radius 3 is 2.72 bits per heavy atom. The van der Waals surface area contributed by atoms with Crippen LogP contribution in [-0.2, 0) is 39.5 Å². The molecule has 2 aromatic rings. The molecule has 0 fully saturated rings. The van der Waals surface area contributed by atoms with Crippen molar-refractivity contribution >= 4 is 45.8 Å². The molecule has 8 nitrogen and oxygen atoms in total. The van der Waals surface area contributed by atoms with Gasteiger partial charge in [0.2, 0.25) is 0 Å². The van der Waals surface area contributed by atoms with E-state index in [0.29, 0.717) is 45.5 Å². The van der Waals surface area contributed by atoms with Gasteiger partial charge in [-0.3, -0.25) is 4.79 Å². The Balaban J connectivity index is 1.65. The average Bonchev–Trinajstić information content (AvgIpc) is 3.26. The van der Waals surface area contributed by atoms with Crippen LogP contribution in [0.25, 0.3) is 5.57 Å². The van der Waals surface area contributed by atoms with Crippen LogP contribution in [0, 0.1) is 5.82 Å². The van der Waals surface area contributed by atoms with Crippen LogP contribution in [0.3, 0.4) is 0 Å². The summed E-state index contributed by atoms with van der Waals surface area (Å²) in [6, 6.07) is 2.84. The van der Waals surface area contributed by atoms with Crippen LogP contribution in [0.4, 0.5) is 10.1 Å². The van der Waals surface area contributed by atoms with E-state index in [1.165, 1.54) is 16.8 Å². The molecule has 1 aromatic heterocycles. The lowest BCUT2D eigenvalue weighted by molar-refractivity contribution is -0.172. The van der Waals surface area contributed by atoms with Crippen molar-refractivity contribution in [1.82, 2.24) is 4.57 Å². The minimum absolute atomic E-state index is 0.0622. The number of fused-ring (bicyclic) bond motifs is 4. The summed E-state index contributed by atoms with van der Waals surface area (Å²) in [4.78, 5) is 39.6. The molecule has 1 aromatic carbocycles. The Morgan fingerprint density at radius 1 is 1.31 bits per heavy atom. The van der Waals surface area contributed by atoms with Crippen molar-refractivity contribution in [3.05, 3.63) is 71.6 Å². The molecule has 2 atom stereocenters. The fourth-order valence-electron chi connectivity index (χ4n) is 5.50. The molecule has 0 spiro atoms. The topological polar surface area (TPSA) is 109 Å². The second-order valence-electron chi connectivity index (χ2n) is 9.11. The van der Waals surface area contributed by atoms with Crippen molar-refractivity contribution in [3.63, 3.8) is 0 Å². The lowest BCUT2D eigenvalue weighted by Crippen LogP contribution is -2.44. The van der Waals surface area contributed by atoms with Gasteiger partial charge in [0.25, 0.3) is 5.56 Å². The Kier molecular flexibility index (Phi) is 6.19. The van der Waals surface area contributed by atoms with Gasteiger partial charge in [0.1, 0.15) is 18.4 Å². The summed E-state index contributed by atoms with van der Waals surface area (Å²) in [5.74, 6) is 0.627. The van der Waals surface area contributed by atoms with Crippen molar-refractivity contribution in [2.75, 3.05) is 11.4 Å². The van der Waals surface area contributed by atoms with Crippen LogP contribution < -0.4 is 10.5 Å². The molecule has 0 saturated heterocycles. The minimum atomic E-state index is -1.88. The molecule has 0 bridgehead atoms. The first kappa shape index (κ1) is 24.9. The highest BCUT2D eigenvalue weighted by molar-refractivity contribution is 14.1. The normalized spacial score (nSPS) is 22.7. The predicted molar refractivity (Wildman–Crippen MR) is 138 cm³/mol. The number of rotatable bonds is 4. The first-order valence-corrected chi connectivity index (χ1v) is 12.8. The van der Waals surface area contributed by atoms with Crippen LogP contribution in [0.2, 0.25) is 0 Å². The standard InChI is InChI=1S/C26H24FIN2O6/c1-3-26(35)17-7-8-29(24(33)16(17)12-36-25(26)34)10-19-22(28)15(11-31)14-9-18(27)21-13(5-6-20(21)32)23(14)30(19)4-2/h7-9,20,32,35H,3-6,10,12H2,1-2H3/t20?,26-/m0/s1. The number of hydrogen-bond donors (Lipinski definition) is 2. The van der Waals surface area contributed by atoms with Gasteiger partial charge in [-0.15, -0.1) is 0 Å². The van der Waals surface area contributed by atoms with Gasteiger partial charge in [0, 0.05) is 29.4 Å². The van der Waals surface area contributed by atoms with Gasteiger partial charge >= 0.3 is 5.97 Å². The van der Waals surface area contributed by atoms with E-state index in [0.717, 1.165) is 0 Å². The first-order chi connectivity index (χ1) is 17.2. The molecule has 5 rings (SSSR count). The quantitative estimate of drug-likeness (QED) is 0.313. The molecule has 188 valence electrons. The summed E-state index contributed by atoms with van der Waals surface area (Å²) >= 11 is 2.02. The van der Waals surface area contributed by atoms with Crippen LogP contribution in [0.15, 0.2) is 32.4 Å². The van der Waals surface area contributed by atoms with Crippen molar-refractivity contribution in [2.45, 2.75) is 58.0 Å². The molecule has 2 aliphatic heterocycles. The number of nitrogens with zero attached hydrogens (tertiary/aromatic N) is 2. The Labute approximate surface area is 219 Å². The number of hydrogen-bond acceptors (Lipinski definition) is 7. The molecule has 3 aliphatic rings. The Morgan fingerprint density at radius 2 is 2.06 bits per heavy atom. The maximum Gasteiger partial charge on any atom is 0.343 e. The number of esters is 1. The zero-order valence-corrected chi connectivity index (χ0v) is 21.9. The molecule has 1 unspecified atom stereocenters. The second-order valence-corrected chi connectivity index (χ2v) is 10.2. The molecule has 36 heavy (non-hydrogen) atoms. The number of allylic oxidation sites excluding steroid dienone is 3. The summed E-state index contributed by atoms with van der Waals surface area (Å²) in [6.07, 6.45) is 1.52. The molecule has 0 amide bonds. The molecule has 10 heteroatoms. The van der Waals surface area contributed by atoms with E-state index in [2.05, 4.69) is 0 Å². The maximum absolute atomic E-state index is 14.9. The van der Waals surface area contributed by atoms with Crippen molar-refractivity contribution in [1.29, 1.82) is 0 Å². The van der Waals surface area contributed by atoms with Gasteiger partial charge in [-0.05, 0) is 66.5 Å². The van der Waals surface area contributed by atoms with E-state index < -0.39 is 29.1 Å². The smallest absolute Gasteiger partial charge is 0.343 e. The van der Waals surface area contributed by atoms with Gasteiger partial charge in [-0.2, -0.15) is 0 Å². The molecular weight excluding hydrogens is 582 g/mol. The largest absolute Gasteiger partial charge is 0.458 e. The second kappa shape index (κ2) is 8.95. The van der Waals surface area contributed by atoms with Crippen molar-refractivity contribution in [2.24, 2.45) is 0 Å². The van der Waals surface area contributed by atoms with Crippen molar-refractivity contribution < 1.29 is 28.9 Å². The summed E-state index contributed by atoms with van der Waals surface area (Å²) in [6.45, 7) is 3.87. The highest BCUT2D eigenvalue weighted by atomic mass is 127. The van der Waals surface area contributed by atoms with Crippen LogP contribution >= 0.6 is 22.6 Å². The van der Waals surface area contributed by atoms with E-state index in [4.69, 9.17) is 4.74 Å². The highest BCUT2D eigenvalue weighted by Crippen LogP contribution is 2.49. The van der Waals surface area contributed by atoms with Crippen LogP contribution in [-0.4, -0.2) is 33.2 Å². The number of cyclic esters (lactones) is 1. The average molecular weight is 606 g/mol. The number of carbonyl (C=O) groups excluding carboxylic acids is 2. The van der Waals surface area contributed by atoms with Gasteiger partial charge in [0.05, 0.1) is 38.7 Å². The van der Waals surface area contributed by atoms with Crippen molar-refractivity contribution in [3.8, 4) is 0 Å². The predicted octanol–water partition coefficient (Wildman–Crippen LogP) is 3.02. The number of likely N-dealkylation sites (N-methyl/N-ethyl adjacent to an activating group) is 1. The number of aliphatic hydroxyl groups is 2. The molecule has 3 heterocycles. The van der Waals surface area contributed by atoms with E-state index in [1.807, 2.05) is 40.4 Å². The third-order valence-corrected chi connectivity index (χ3v) is 8.54. The van der Waals surface area contributed by atoms with E-state index >= 15 is 0 Å². The van der Waals surface area contributed by atoms with Gasteiger partial charge in [-0.25, -0.2) is 14.0 Å². The number of anilines is 1. The summed E-state index contributed by atoms with van der Waals surface area (Å²) < 4.78 is 22.0. The summed E-state index contributed by atoms with van der Waals surface area (Å²) in [7, 11) is 0. The van der Waals surface area contributed by atoms with Gasteiger partial charge in [-0.1, -0.05) is 6.92 Å².